The fourth-order valence-corrected chi connectivity index (χ4v) is 8.61. The largest absolute Gasteiger partial charge is 0.412 e. The van der Waals surface area contributed by atoms with Gasteiger partial charge in [0.15, 0.2) is 5.78 Å². The fraction of sp³-hybridized carbons (Fsp3) is 0.706. The fourth-order valence-electron chi connectivity index (χ4n) is 3.13. The van der Waals surface area contributed by atoms with Gasteiger partial charge in [-0.1, -0.05) is 53.7 Å². The van der Waals surface area contributed by atoms with Gasteiger partial charge in [-0.25, -0.2) is 0 Å². The van der Waals surface area contributed by atoms with Crippen molar-refractivity contribution in [2.45, 2.75) is 72.0 Å². The van der Waals surface area contributed by atoms with Crippen LogP contribution in [0.5, 0.6) is 0 Å². The molecule has 0 aromatic carbocycles. The molecule has 2 nitrogen and oxygen atoms in total. The van der Waals surface area contributed by atoms with Crippen LogP contribution in [-0.2, 0) is 9.22 Å². The smallest absolute Gasteiger partial charge is 0.200 e. The first-order valence-corrected chi connectivity index (χ1v) is 9.76. The molecule has 0 bridgehead atoms. The molecule has 0 unspecified atom stereocenters. The van der Waals surface area contributed by atoms with E-state index in [2.05, 4.69) is 48.5 Å². The standard InChI is InChI=1S/C17H32O2Si/c1-13(2)20(14(3)4,15(5)6)19-12-16(7)10-9-11-17(8)18/h9-11,13-15H,12H2,1-8H3/b11-9+,16-10+. The predicted octanol–water partition coefficient (Wildman–Crippen LogP) is 5.27. The Hall–Kier alpha value is -0.673. The summed E-state index contributed by atoms with van der Waals surface area (Å²) in [4.78, 5) is 10.9. The van der Waals surface area contributed by atoms with Gasteiger partial charge in [-0.05, 0) is 42.1 Å². The maximum atomic E-state index is 10.9. The summed E-state index contributed by atoms with van der Waals surface area (Å²) >= 11 is 0. The third-order valence-electron chi connectivity index (χ3n) is 3.97. The second-order valence-corrected chi connectivity index (χ2v) is 12.0. The van der Waals surface area contributed by atoms with Gasteiger partial charge in [0.25, 0.3) is 0 Å². The molecule has 20 heavy (non-hydrogen) atoms. The molecule has 0 aromatic heterocycles. The molecule has 0 spiro atoms. The van der Waals surface area contributed by atoms with E-state index in [0.717, 1.165) is 0 Å². The zero-order valence-corrected chi connectivity index (χ0v) is 15.5. The molecule has 0 N–H and O–H groups in total. The van der Waals surface area contributed by atoms with Crippen molar-refractivity contribution in [3.8, 4) is 0 Å². The number of ketones is 1. The topological polar surface area (TPSA) is 26.3 Å². The van der Waals surface area contributed by atoms with Crippen LogP contribution in [0, 0.1) is 0 Å². The molecule has 0 aliphatic heterocycles. The second kappa shape index (κ2) is 8.58. The molecule has 0 amide bonds. The van der Waals surface area contributed by atoms with Gasteiger partial charge >= 0.3 is 0 Å². The molecule has 0 aliphatic carbocycles. The van der Waals surface area contributed by atoms with E-state index in [-0.39, 0.29) is 5.78 Å². The monoisotopic (exact) mass is 296 g/mol. The summed E-state index contributed by atoms with van der Waals surface area (Å²) in [6, 6.07) is 0. The van der Waals surface area contributed by atoms with E-state index in [1.165, 1.54) is 5.57 Å². The Morgan fingerprint density at radius 1 is 1.00 bits per heavy atom. The zero-order chi connectivity index (χ0) is 15.9. The quantitative estimate of drug-likeness (QED) is 0.346. The first-order chi connectivity index (χ1) is 9.14. The van der Waals surface area contributed by atoms with Crippen LogP contribution < -0.4 is 0 Å². The van der Waals surface area contributed by atoms with Crippen molar-refractivity contribution in [1.82, 2.24) is 0 Å². The summed E-state index contributed by atoms with van der Waals surface area (Å²) in [5, 5.41) is 0. The highest BCUT2D eigenvalue weighted by molar-refractivity contribution is 6.77. The zero-order valence-electron chi connectivity index (χ0n) is 14.5. The van der Waals surface area contributed by atoms with E-state index >= 15 is 0 Å². The van der Waals surface area contributed by atoms with Crippen LogP contribution in [0.3, 0.4) is 0 Å². The van der Waals surface area contributed by atoms with Crippen molar-refractivity contribution in [3.05, 3.63) is 23.8 Å². The van der Waals surface area contributed by atoms with Gasteiger partial charge in [0.2, 0.25) is 8.32 Å². The van der Waals surface area contributed by atoms with Gasteiger partial charge in [-0.3, -0.25) is 4.79 Å². The van der Waals surface area contributed by atoms with Gasteiger partial charge in [-0.2, -0.15) is 0 Å². The summed E-state index contributed by atoms with van der Waals surface area (Å²) in [6.45, 7) is 18.0. The van der Waals surface area contributed by atoms with Gasteiger partial charge in [-0.15, -0.1) is 0 Å². The minimum atomic E-state index is -1.78. The molecule has 0 aliphatic rings. The van der Waals surface area contributed by atoms with Crippen molar-refractivity contribution >= 4 is 14.1 Å². The molecule has 0 saturated carbocycles. The summed E-state index contributed by atoms with van der Waals surface area (Å²) in [6.07, 6.45) is 5.37. The molecule has 116 valence electrons. The molecule has 0 radical (unpaired) electrons. The number of carbonyl (C=O) groups is 1. The van der Waals surface area contributed by atoms with E-state index in [1.54, 1.807) is 13.0 Å². The Morgan fingerprint density at radius 2 is 1.45 bits per heavy atom. The van der Waals surface area contributed by atoms with Crippen LogP contribution >= 0.6 is 0 Å². The van der Waals surface area contributed by atoms with E-state index < -0.39 is 8.32 Å². The lowest BCUT2D eigenvalue weighted by Gasteiger charge is -2.42. The van der Waals surface area contributed by atoms with Gasteiger partial charge in [0.05, 0.1) is 6.61 Å². The maximum absolute atomic E-state index is 10.9. The van der Waals surface area contributed by atoms with Crippen molar-refractivity contribution < 1.29 is 9.22 Å². The lowest BCUT2D eigenvalue weighted by atomic mass is 10.3. The van der Waals surface area contributed by atoms with Crippen LogP contribution in [0.25, 0.3) is 0 Å². The number of hydrogen-bond donors (Lipinski definition) is 0. The third-order valence-corrected chi connectivity index (χ3v) is 10.0. The van der Waals surface area contributed by atoms with E-state index in [9.17, 15) is 4.79 Å². The lowest BCUT2D eigenvalue weighted by Crippen LogP contribution is -2.48. The molecule has 0 aromatic rings. The minimum absolute atomic E-state index is 0.0743. The minimum Gasteiger partial charge on any atom is -0.412 e. The number of allylic oxidation sites excluding steroid dienone is 3. The summed E-state index contributed by atoms with van der Waals surface area (Å²) < 4.78 is 6.49. The average Bonchev–Trinajstić information content (AvgIpc) is 2.27. The molecular formula is C17H32O2Si. The summed E-state index contributed by atoms with van der Waals surface area (Å²) in [5.41, 5.74) is 2.97. The summed E-state index contributed by atoms with van der Waals surface area (Å²) in [5.74, 6) is 0.0743. The Morgan fingerprint density at radius 3 is 1.80 bits per heavy atom. The lowest BCUT2D eigenvalue weighted by molar-refractivity contribution is -0.112. The van der Waals surface area contributed by atoms with E-state index in [0.29, 0.717) is 23.2 Å². The highest BCUT2D eigenvalue weighted by Crippen LogP contribution is 2.42. The molecular weight excluding hydrogens is 264 g/mol. The van der Waals surface area contributed by atoms with E-state index in [4.69, 9.17) is 4.43 Å². The number of hydrogen-bond acceptors (Lipinski definition) is 2. The SMILES string of the molecule is CC(=O)/C=C/C=C(\C)CO[Si](C(C)C)(C(C)C)C(C)C. The van der Waals surface area contributed by atoms with Crippen LogP contribution in [0.15, 0.2) is 23.8 Å². The van der Waals surface area contributed by atoms with Crippen LogP contribution in [-0.4, -0.2) is 20.7 Å². The van der Waals surface area contributed by atoms with Gasteiger partial charge in [0.1, 0.15) is 0 Å². The second-order valence-electron chi connectivity index (χ2n) is 6.59. The first-order valence-electron chi connectivity index (χ1n) is 7.62. The molecule has 0 atom stereocenters. The van der Waals surface area contributed by atoms with Crippen molar-refractivity contribution in [2.75, 3.05) is 6.61 Å². The van der Waals surface area contributed by atoms with E-state index in [1.807, 2.05) is 12.2 Å². The molecule has 0 fully saturated rings. The van der Waals surface area contributed by atoms with Crippen molar-refractivity contribution in [2.24, 2.45) is 0 Å². The third kappa shape index (κ3) is 5.37. The molecule has 0 heterocycles. The maximum Gasteiger partial charge on any atom is 0.200 e. The molecule has 3 heteroatoms. The molecule has 0 saturated heterocycles. The Kier molecular flexibility index (Phi) is 8.29. The molecule has 0 rings (SSSR count). The van der Waals surface area contributed by atoms with Gasteiger partial charge < -0.3 is 4.43 Å². The highest BCUT2D eigenvalue weighted by Gasteiger charge is 2.44. The van der Waals surface area contributed by atoms with Crippen molar-refractivity contribution in [1.29, 1.82) is 0 Å². The van der Waals surface area contributed by atoms with Crippen LogP contribution in [0.2, 0.25) is 16.6 Å². The normalized spacial score (nSPS) is 14.1. The van der Waals surface area contributed by atoms with Gasteiger partial charge in [0, 0.05) is 0 Å². The Labute approximate surface area is 126 Å². The summed E-state index contributed by atoms with van der Waals surface area (Å²) in [7, 11) is -1.78. The first kappa shape index (κ1) is 19.3. The predicted molar refractivity (Wildman–Crippen MR) is 90.6 cm³/mol. The highest BCUT2D eigenvalue weighted by atomic mass is 28.4. The van der Waals surface area contributed by atoms with Crippen LogP contribution in [0.1, 0.15) is 55.4 Å². The Balaban J connectivity index is 4.91. The Bertz CT molecular complexity index is 343. The van der Waals surface area contributed by atoms with Crippen molar-refractivity contribution in [3.63, 3.8) is 0 Å². The number of carbonyl (C=O) groups excluding carboxylic acids is 1. The van der Waals surface area contributed by atoms with Crippen LogP contribution in [0.4, 0.5) is 0 Å². The average molecular weight is 297 g/mol. The number of rotatable bonds is 8.